The van der Waals surface area contributed by atoms with Crippen LogP contribution in [0, 0.1) is 13.8 Å². The van der Waals surface area contributed by atoms with Crippen molar-refractivity contribution in [2.45, 2.75) is 33.1 Å². The van der Waals surface area contributed by atoms with Gasteiger partial charge in [-0.2, -0.15) is 0 Å². The molecular formula is C31H26O2. The Morgan fingerprint density at radius 2 is 0.909 bits per heavy atom. The van der Waals surface area contributed by atoms with E-state index in [1.807, 2.05) is 24.3 Å². The Hall–Kier alpha value is -3.78. The number of fused-ring (bicyclic) bond motifs is 3. The Morgan fingerprint density at radius 1 is 0.545 bits per heavy atom. The minimum absolute atomic E-state index is 0.0416. The summed E-state index contributed by atoms with van der Waals surface area (Å²) in [6.45, 7) is 7.38. The molecular weight excluding hydrogens is 404 g/mol. The number of hydrogen-bond donors (Lipinski definition) is 0. The third-order valence-electron chi connectivity index (χ3n) is 6.92. The molecule has 0 aromatic heterocycles. The summed E-state index contributed by atoms with van der Waals surface area (Å²) < 4.78 is 0. The fraction of sp³-hybridized carbons (Fsp3) is 0.161. The maximum Gasteiger partial charge on any atom is 0.159 e. The van der Waals surface area contributed by atoms with Gasteiger partial charge in [0.05, 0.1) is 5.41 Å². The molecule has 0 saturated heterocycles. The third kappa shape index (κ3) is 3.17. The van der Waals surface area contributed by atoms with Crippen LogP contribution in [0.1, 0.15) is 67.9 Å². The van der Waals surface area contributed by atoms with E-state index in [1.165, 1.54) is 11.1 Å². The molecule has 0 saturated carbocycles. The molecule has 4 aromatic carbocycles. The Balaban J connectivity index is 1.97. The number of Topliss-reactive ketones (excluding diaryl/α,β-unsaturated/α-hetero) is 2. The van der Waals surface area contributed by atoms with Gasteiger partial charge in [0.2, 0.25) is 0 Å². The number of rotatable bonds is 4. The van der Waals surface area contributed by atoms with Crippen molar-refractivity contribution in [3.8, 4) is 11.1 Å². The van der Waals surface area contributed by atoms with Crippen LogP contribution in [0.4, 0.5) is 0 Å². The summed E-state index contributed by atoms with van der Waals surface area (Å²) in [6.07, 6.45) is 0. The predicted molar refractivity (Wildman–Crippen MR) is 133 cm³/mol. The van der Waals surface area contributed by atoms with Crippen LogP contribution >= 0.6 is 0 Å². The molecule has 33 heavy (non-hydrogen) atoms. The van der Waals surface area contributed by atoms with E-state index in [0.29, 0.717) is 11.1 Å². The van der Waals surface area contributed by atoms with Crippen molar-refractivity contribution in [1.82, 2.24) is 0 Å². The maximum atomic E-state index is 12.4. The van der Waals surface area contributed by atoms with Gasteiger partial charge in [0.25, 0.3) is 0 Å². The van der Waals surface area contributed by atoms with Crippen molar-refractivity contribution >= 4 is 11.6 Å². The molecule has 0 heterocycles. The SMILES string of the molecule is CC(=O)c1ccc2c(c1)C(c1ccc(C)cc1)(c1ccc(C)cc1)c1cc(C(C)=O)ccc1-2. The highest BCUT2D eigenvalue weighted by molar-refractivity contribution is 5.99. The predicted octanol–water partition coefficient (Wildman–Crippen LogP) is 7.07. The van der Waals surface area contributed by atoms with Crippen molar-refractivity contribution in [2.75, 3.05) is 0 Å². The largest absolute Gasteiger partial charge is 0.295 e. The van der Waals surface area contributed by atoms with Gasteiger partial charge < -0.3 is 0 Å². The van der Waals surface area contributed by atoms with E-state index in [4.69, 9.17) is 0 Å². The molecule has 0 N–H and O–H groups in total. The number of hydrogen-bond acceptors (Lipinski definition) is 2. The first-order valence-corrected chi connectivity index (χ1v) is 11.3. The van der Waals surface area contributed by atoms with Crippen LogP contribution in [0.15, 0.2) is 84.9 Å². The number of ketones is 2. The fourth-order valence-corrected chi connectivity index (χ4v) is 5.16. The van der Waals surface area contributed by atoms with E-state index in [-0.39, 0.29) is 11.6 Å². The van der Waals surface area contributed by atoms with Gasteiger partial charge in [-0.15, -0.1) is 0 Å². The molecule has 0 radical (unpaired) electrons. The topological polar surface area (TPSA) is 34.1 Å². The van der Waals surface area contributed by atoms with E-state index in [0.717, 1.165) is 33.4 Å². The van der Waals surface area contributed by atoms with Crippen molar-refractivity contribution in [3.63, 3.8) is 0 Å². The van der Waals surface area contributed by atoms with Crippen LogP contribution in [-0.4, -0.2) is 11.6 Å². The standard InChI is InChI=1S/C31H26O2/c1-19-5-11-25(12-6-19)31(26-13-7-20(2)8-14-26)29-17-23(21(3)32)9-15-27(29)28-16-10-24(22(4)33)18-30(28)31/h5-18H,1-4H3. The molecule has 0 atom stereocenters. The van der Waals surface area contributed by atoms with E-state index in [2.05, 4.69) is 74.5 Å². The zero-order chi connectivity index (χ0) is 23.3. The smallest absolute Gasteiger partial charge is 0.159 e. The molecule has 5 rings (SSSR count). The highest BCUT2D eigenvalue weighted by Gasteiger charge is 2.46. The van der Waals surface area contributed by atoms with Gasteiger partial charge in [0.15, 0.2) is 11.6 Å². The van der Waals surface area contributed by atoms with Gasteiger partial charge in [-0.05, 0) is 73.2 Å². The minimum atomic E-state index is -0.622. The molecule has 0 fully saturated rings. The van der Waals surface area contributed by atoms with E-state index < -0.39 is 5.41 Å². The molecule has 0 spiro atoms. The second kappa shape index (κ2) is 7.67. The minimum Gasteiger partial charge on any atom is -0.295 e. The summed E-state index contributed by atoms with van der Waals surface area (Å²) in [4.78, 5) is 24.8. The quantitative estimate of drug-likeness (QED) is 0.286. The fourth-order valence-electron chi connectivity index (χ4n) is 5.16. The summed E-state index contributed by atoms with van der Waals surface area (Å²) in [7, 11) is 0. The zero-order valence-electron chi connectivity index (χ0n) is 19.4. The second-order valence-corrected chi connectivity index (χ2v) is 9.12. The second-order valence-electron chi connectivity index (χ2n) is 9.12. The van der Waals surface area contributed by atoms with Gasteiger partial charge >= 0.3 is 0 Å². The summed E-state index contributed by atoms with van der Waals surface area (Å²) in [5, 5.41) is 0. The lowest BCUT2D eigenvalue weighted by molar-refractivity contribution is 0.100. The first-order chi connectivity index (χ1) is 15.8. The lowest BCUT2D eigenvalue weighted by atomic mass is 9.67. The van der Waals surface area contributed by atoms with Gasteiger partial charge in [-0.3, -0.25) is 9.59 Å². The van der Waals surface area contributed by atoms with E-state index >= 15 is 0 Å². The number of carbonyl (C=O) groups excluding carboxylic acids is 2. The van der Waals surface area contributed by atoms with Crippen LogP contribution in [-0.2, 0) is 5.41 Å². The average molecular weight is 431 g/mol. The maximum absolute atomic E-state index is 12.4. The summed E-state index contributed by atoms with van der Waals surface area (Å²) >= 11 is 0. The first kappa shape index (κ1) is 21.1. The highest BCUT2D eigenvalue weighted by Crippen LogP contribution is 2.56. The van der Waals surface area contributed by atoms with Crippen molar-refractivity contribution in [3.05, 3.63) is 129 Å². The van der Waals surface area contributed by atoms with Crippen molar-refractivity contribution < 1.29 is 9.59 Å². The van der Waals surface area contributed by atoms with Gasteiger partial charge in [-0.25, -0.2) is 0 Å². The Morgan fingerprint density at radius 3 is 1.24 bits per heavy atom. The molecule has 4 aromatic rings. The van der Waals surface area contributed by atoms with Gasteiger partial charge in [-0.1, -0.05) is 83.9 Å². The van der Waals surface area contributed by atoms with Gasteiger partial charge in [0.1, 0.15) is 0 Å². The summed E-state index contributed by atoms with van der Waals surface area (Å²) in [6, 6.07) is 29.3. The molecule has 0 amide bonds. The van der Waals surface area contributed by atoms with Crippen molar-refractivity contribution in [2.24, 2.45) is 0 Å². The molecule has 0 bridgehead atoms. The van der Waals surface area contributed by atoms with Crippen molar-refractivity contribution in [1.29, 1.82) is 0 Å². The zero-order valence-corrected chi connectivity index (χ0v) is 19.4. The Bertz CT molecular complexity index is 1300. The monoisotopic (exact) mass is 430 g/mol. The first-order valence-electron chi connectivity index (χ1n) is 11.3. The number of benzene rings is 4. The van der Waals surface area contributed by atoms with Crippen LogP contribution in [0.5, 0.6) is 0 Å². The lowest BCUT2D eigenvalue weighted by Gasteiger charge is -2.34. The molecule has 2 nitrogen and oxygen atoms in total. The molecule has 162 valence electrons. The lowest BCUT2D eigenvalue weighted by Crippen LogP contribution is -2.29. The van der Waals surface area contributed by atoms with Crippen LogP contribution in [0.2, 0.25) is 0 Å². The Labute approximate surface area is 194 Å². The summed E-state index contributed by atoms with van der Waals surface area (Å²) in [5.74, 6) is 0.0831. The number of aryl methyl sites for hydroxylation is 2. The van der Waals surface area contributed by atoms with Crippen LogP contribution < -0.4 is 0 Å². The number of carbonyl (C=O) groups is 2. The molecule has 1 aliphatic rings. The van der Waals surface area contributed by atoms with Gasteiger partial charge in [0, 0.05) is 11.1 Å². The molecule has 1 aliphatic carbocycles. The van der Waals surface area contributed by atoms with E-state index in [9.17, 15) is 9.59 Å². The van der Waals surface area contributed by atoms with Crippen LogP contribution in [0.3, 0.4) is 0 Å². The summed E-state index contributed by atoms with van der Waals surface area (Å²) in [5.41, 5.74) is 9.75. The average Bonchev–Trinajstić information content (AvgIpc) is 3.10. The Kier molecular flexibility index (Phi) is 4.90. The molecule has 0 aliphatic heterocycles. The highest BCUT2D eigenvalue weighted by atomic mass is 16.1. The molecule has 2 heteroatoms. The third-order valence-corrected chi connectivity index (χ3v) is 6.92. The normalized spacial score (nSPS) is 13.3. The molecule has 0 unspecified atom stereocenters. The van der Waals surface area contributed by atoms with E-state index in [1.54, 1.807) is 13.8 Å². The van der Waals surface area contributed by atoms with Crippen LogP contribution in [0.25, 0.3) is 11.1 Å².